The van der Waals surface area contributed by atoms with Gasteiger partial charge in [0.05, 0.1) is 17.0 Å². The molecule has 4 rings (SSSR count). The highest BCUT2D eigenvalue weighted by atomic mass is 16.5. The second-order valence-electron chi connectivity index (χ2n) is 8.01. The van der Waals surface area contributed by atoms with E-state index in [1.165, 1.54) is 5.56 Å². The molecule has 1 aliphatic heterocycles. The molecule has 0 unspecified atom stereocenters. The zero-order valence-corrected chi connectivity index (χ0v) is 17.8. The molecule has 5 nitrogen and oxygen atoms in total. The van der Waals surface area contributed by atoms with Gasteiger partial charge < -0.3 is 9.42 Å². The molecule has 0 aliphatic carbocycles. The normalized spacial score (nSPS) is 14.8. The van der Waals surface area contributed by atoms with E-state index < -0.39 is 0 Å². The second-order valence-corrected chi connectivity index (χ2v) is 8.01. The van der Waals surface area contributed by atoms with Gasteiger partial charge in [-0.15, -0.1) is 0 Å². The van der Waals surface area contributed by atoms with Crippen LogP contribution in [0.5, 0.6) is 0 Å². The first-order chi connectivity index (χ1) is 14.7. The van der Waals surface area contributed by atoms with Crippen LogP contribution in [-0.4, -0.2) is 34.0 Å². The van der Waals surface area contributed by atoms with Crippen LogP contribution in [0.2, 0.25) is 0 Å². The number of likely N-dealkylation sites (tertiary alicyclic amines) is 1. The fourth-order valence-corrected chi connectivity index (χ4v) is 4.28. The number of aromatic nitrogens is 2. The Hall–Kier alpha value is -2.95. The Balaban J connectivity index is 1.37. The number of hydrogen-bond donors (Lipinski definition) is 0. The number of nitrogens with zero attached hydrogens (tertiary/aromatic N) is 3. The Morgan fingerprint density at radius 1 is 1.10 bits per heavy atom. The van der Waals surface area contributed by atoms with Crippen molar-refractivity contribution >= 4 is 5.91 Å². The maximum absolute atomic E-state index is 12.6. The Labute approximate surface area is 178 Å². The number of carbonyl (C=O) groups is 1. The third-order valence-corrected chi connectivity index (χ3v) is 6.02. The summed E-state index contributed by atoms with van der Waals surface area (Å²) >= 11 is 0. The topological polar surface area (TPSA) is 59.2 Å². The van der Waals surface area contributed by atoms with E-state index in [1.54, 1.807) is 0 Å². The average Bonchev–Trinajstić information content (AvgIpc) is 3.19. The molecule has 1 saturated heterocycles. The van der Waals surface area contributed by atoms with Crippen molar-refractivity contribution in [2.45, 2.75) is 51.9 Å². The van der Waals surface area contributed by atoms with Crippen molar-refractivity contribution in [3.05, 3.63) is 71.2 Å². The van der Waals surface area contributed by atoms with E-state index in [0.717, 1.165) is 67.2 Å². The number of aryl methyl sites for hydroxylation is 3. The van der Waals surface area contributed by atoms with E-state index in [2.05, 4.69) is 36.3 Å². The minimum atomic E-state index is 0.256. The standard InChI is InChI=1S/C25H29N3O2/c1-3-23-25(18(2)27-30-23)22-11-7-10-21(26-22)20-14-16-28(17-15-20)24(29)13-12-19-8-5-4-6-9-19/h4-11,20H,3,12-17H2,1-2H3. The zero-order valence-electron chi connectivity index (χ0n) is 17.8. The van der Waals surface area contributed by atoms with Gasteiger partial charge in [0.25, 0.3) is 0 Å². The highest BCUT2D eigenvalue weighted by Crippen LogP contribution is 2.31. The predicted molar refractivity (Wildman–Crippen MR) is 117 cm³/mol. The van der Waals surface area contributed by atoms with Crippen molar-refractivity contribution in [3.8, 4) is 11.3 Å². The van der Waals surface area contributed by atoms with Crippen LogP contribution in [0.4, 0.5) is 0 Å². The van der Waals surface area contributed by atoms with Crippen LogP contribution in [0.3, 0.4) is 0 Å². The van der Waals surface area contributed by atoms with Gasteiger partial charge in [-0.25, -0.2) is 0 Å². The van der Waals surface area contributed by atoms with Crippen LogP contribution in [0.1, 0.15) is 54.8 Å². The number of carbonyl (C=O) groups excluding carboxylic acids is 1. The molecule has 3 aromatic rings. The summed E-state index contributed by atoms with van der Waals surface area (Å²) in [5.41, 5.74) is 5.16. The van der Waals surface area contributed by atoms with Crippen LogP contribution in [-0.2, 0) is 17.6 Å². The molecule has 1 amide bonds. The van der Waals surface area contributed by atoms with Crippen molar-refractivity contribution in [1.29, 1.82) is 0 Å². The van der Waals surface area contributed by atoms with Crippen LogP contribution >= 0.6 is 0 Å². The molecule has 1 fully saturated rings. The van der Waals surface area contributed by atoms with Crippen LogP contribution in [0, 0.1) is 6.92 Å². The van der Waals surface area contributed by atoms with Crippen LogP contribution < -0.4 is 0 Å². The summed E-state index contributed by atoms with van der Waals surface area (Å²) in [4.78, 5) is 19.6. The molecule has 156 valence electrons. The van der Waals surface area contributed by atoms with Crippen molar-refractivity contribution in [1.82, 2.24) is 15.0 Å². The Morgan fingerprint density at radius 2 is 1.87 bits per heavy atom. The molecule has 30 heavy (non-hydrogen) atoms. The summed E-state index contributed by atoms with van der Waals surface area (Å²) in [7, 11) is 0. The van der Waals surface area contributed by atoms with Crippen LogP contribution in [0.15, 0.2) is 53.1 Å². The maximum Gasteiger partial charge on any atom is 0.222 e. The monoisotopic (exact) mass is 403 g/mol. The number of benzene rings is 1. The van der Waals surface area contributed by atoms with Gasteiger partial charge in [0, 0.05) is 37.5 Å². The first-order valence-corrected chi connectivity index (χ1v) is 10.9. The molecule has 0 saturated carbocycles. The predicted octanol–water partition coefficient (Wildman–Crippen LogP) is 4.95. The minimum absolute atomic E-state index is 0.256. The molecule has 1 aliphatic rings. The summed E-state index contributed by atoms with van der Waals surface area (Å²) in [6.45, 7) is 5.64. The molecule has 0 radical (unpaired) electrons. The van der Waals surface area contributed by atoms with Gasteiger partial charge in [-0.05, 0) is 43.9 Å². The molecule has 3 heterocycles. The fraction of sp³-hybridized carbons (Fsp3) is 0.400. The molecule has 0 atom stereocenters. The van der Waals surface area contributed by atoms with Gasteiger partial charge in [-0.3, -0.25) is 9.78 Å². The molecule has 1 aromatic carbocycles. The lowest BCUT2D eigenvalue weighted by atomic mass is 9.92. The van der Waals surface area contributed by atoms with E-state index in [1.807, 2.05) is 36.1 Å². The van der Waals surface area contributed by atoms with Crippen molar-refractivity contribution in [3.63, 3.8) is 0 Å². The molecule has 0 spiro atoms. The Morgan fingerprint density at radius 3 is 2.60 bits per heavy atom. The Bertz CT molecular complexity index is 989. The summed E-state index contributed by atoms with van der Waals surface area (Å²) in [6.07, 6.45) is 4.09. The van der Waals surface area contributed by atoms with Gasteiger partial charge >= 0.3 is 0 Å². The number of hydrogen-bond acceptors (Lipinski definition) is 4. The van der Waals surface area contributed by atoms with Gasteiger partial charge in [-0.2, -0.15) is 0 Å². The maximum atomic E-state index is 12.6. The highest BCUT2D eigenvalue weighted by Gasteiger charge is 2.25. The van der Waals surface area contributed by atoms with E-state index in [0.29, 0.717) is 12.3 Å². The molecular formula is C25H29N3O2. The first-order valence-electron chi connectivity index (χ1n) is 10.9. The van der Waals surface area contributed by atoms with Crippen molar-refractivity contribution in [2.24, 2.45) is 0 Å². The third kappa shape index (κ3) is 4.45. The number of pyridine rings is 1. The number of amides is 1. The van der Waals surface area contributed by atoms with Crippen molar-refractivity contribution in [2.75, 3.05) is 13.1 Å². The van der Waals surface area contributed by atoms with Gasteiger partial charge in [0.15, 0.2) is 0 Å². The SMILES string of the molecule is CCc1onc(C)c1-c1cccc(C2CCN(C(=O)CCc3ccccc3)CC2)n1. The summed E-state index contributed by atoms with van der Waals surface area (Å²) in [5, 5.41) is 4.12. The van der Waals surface area contributed by atoms with E-state index in [9.17, 15) is 4.79 Å². The van der Waals surface area contributed by atoms with E-state index in [-0.39, 0.29) is 5.91 Å². The molecule has 0 N–H and O–H groups in total. The van der Waals surface area contributed by atoms with Crippen LogP contribution in [0.25, 0.3) is 11.3 Å². The minimum Gasteiger partial charge on any atom is -0.360 e. The van der Waals surface area contributed by atoms with Gasteiger partial charge in [-0.1, -0.05) is 48.5 Å². The Kier molecular flexibility index (Phi) is 6.26. The zero-order chi connectivity index (χ0) is 20.9. The smallest absolute Gasteiger partial charge is 0.222 e. The van der Waals surface area contributed by atoms with Crippen molar-refractivity contribution < 1.29 is 9.32 Å². The summed E-state index contributed by atoms with van der Waals surface area (Å²) in [5.74, 6) is 1.52. The van der Waals surface area contributed by atoms with Gasteiger partial charge in [0.2, 0.25) is 5.91 Å². The second kappa shape index (κ2) is 9.24. The summed E-state index contributed by atoms with van der Waals surface area (Å²) < 4.78 is 5.45. The molecule has 5 heteroatoms. The lowest BCUT2D eigenvalue weighted by Crippen LogP contribution is -2.38. The molecule has 2 aromatic heterocycles. The molecular weight excluding hydrogens is 374 g/mol. The van der Waals surface area contributed by atoms with E-state index >= 15 is 0 Å². The lowest BCUT2D eigenvalue weighted by Gasteiger charge is -2.32. The molecule has 0 bridgehead atoms. The van der Waals surface area contributed by atoms with E-state index in [4.69, 9.17) is 9.51 Å². The summed E-state index contributed by atoms with van der Waals surface area (Å²) in [6, 6.07) is 16.4. The third-order valence-electron chi connectivity index (χ3n) is 6.02. The quantitative estimate of drug-likeness (QED) is 0.584. The lowest BCUT2D eigenvalue weighted by molar-refractivity contribution is -0.132. The average molecular weight is 404 g/mol. The van der Waals surface area contributed by atoms with Gasteiger partial charge in [0.1, 0.15) is 5.76 Å². The number of piperidine rings is 1. The largest absolute Gasteiger partial charge is 0.360 e. The fourth-order valence-electron chi connectivity index (χ4n) is 4.28. The number of rotatable bonds is 6. The first kappa shape index (κ1) is 20.3. The highest BCUT2D eigenvalue weighted by molar-refractivity contribution is 5.76.